The monoisotopic (exact) mass is 368 g/mol. The van der Waals surface area contributed by atoms with E-state index in [4.69, 9.17) is 9.47 Å². The van der Waals surface area contributed by atoms with Crippen LogP contribution >= 0.6 is 0 Å². The molecule has 1 heterocycles. The van der Waals surface area contributed by atoms with Gasteiger partial charge in [-0.15, -0.1) is 0 Å². The van der Waals surface area contributed by atoms with E-state index in [1.165, 1.54) is 11.1 Å². The lowest BCUT2D eigenvalue weighted by Gasteiger charge is -2.30. The van der Waals surface area contributed by atoms with Gasteiger partial charge in [0.25, 0.3) is 0 Å². The zero-order valence-corrected chi connectivity index (χ0v) is 16.4. The van der Waals surface area contributed by atoms with Gasteiger partial charge in [-0.3, -0.25) is 9.69 Å². The highest BCUT2D eigenvalue weighted by Gasteiger charge is 2.21. The van der Waals surface area contributed by atoms with Crippen molar-refractivity contribution >= 4 is 11.6 Å². The van der Waals surface area contributed by atoms with Crippen molar-refractivity contribution in [3.05, 3.63) is 53.6 Å². The Balaban J connectivity index is 1.62. The molecule has 0 N–H and O–H groups in total. The van der Waals surface area contributed by atoms with E-state index in [1.807, 2.05) is 42.2 Å². The molecule has 2 aromatic carbocycles. The number of rotatable bonds is 7. The Kier molecular flexibility index (Phi) is 6.35. The van der Waals surface area contributed by atoms with Crippen LogP contribution in [0.3, 0.4) is 0 Å². The maximum atomic E-state index is 12.7. The normalized spacial score (nSPS) is 13.7. The van der Waals surface area contributed by atoms with Crippen LogP contribution in [0.5, 0.6) is 11.5 Å². The molecule has 0 bridgehead atoms. The van der Waals surface area contributed by atoms with Crippen molar-refractivity contribution in [3.8, 4) is 11.5 Å². The second-order valence-corrected chi connectivity index (χ2v) is 6.73. The molecule has 3 rings (SSSR count). The van der Waals surface area contributed by atoms with Crippen LogP contribution in [0.25, 0.3) is 0 Å². The van der Waals surface area contributed by atoms with Crippen LogP contribution in [0.4, 0.5) is 5.69 Å². The standard InChI is InChI=1S/C22H28N2O3/c1-4-24(19-8-6-5-7-9-19)22(25)11-13-23-12-10-17-14-20(26-2)21(27-3)15-18(17)16-23/h5-9,14-15H,4,10-13,16H2,1-3H3. The molecule has 1 amide bonds. The summed E-state index contributed by atoms with van der Waals surface area (Å²) >= 11 is 0. The van der Waals surface area contributed by atoms with E-state index in [9.17, 15) is 4.79 Å². The van der Waals surface area contributed by atoms with Gasteiger partial charge in [0, 0.05) is 38.3 Å². The topological polar surface area (TPSA) is 42.0 Å². The maximum absolute atomic E-state index is 12.7. The third-order valence-corrected chi connectivity index (χ3v) is 5.12. The molecule has 0 saturated heterocycles. The van der Waals surface area contributed by atoms with Gasteiger partial charge in [0.1, 0.15) is 0 Å². The Hall–Kier alpha value is -2.53. The number of carbonyl (C=O) groups is 1. The highest BCUT2D eigenvalue weighted by Crippen LogP contribution is 2.33. The van der Waals surface area contributed by atoms with Crippen LogP contribution in [-0.2, 0) is 17.8 Å². The molecule has 0 aliphatic carbocycles. The highest BCUT2D eigenvalue weighted by molar-refractivity contribution is 5.93. The fourth-order valence-electron chi connectivity index (χ4n) is 3.63. The molecule has 0 radical (unpaired) electrons. The molecule has 0 saturated carbocycles. The fraction of sp³-hybridized carbons (Fsp3) is 0.409. The summed E-state index contributed by atoms with van der Waals surface area (Å²) in [7, 11) is 3.32. The van der Waals surface area contributed by atoms with Crippen LogP contribution in [0.15, 0.2) is 42.5 Å². The number of hydrogen-bond donors (Lipinski definition) is 0. The number of benzene rings is 2. The fourth-order valence-corrected chi connectivity index (χ4v) is 3.63. The first-order valence-corrected chi connectivity index (χ1v) is 9.47. The van der Waals surface area contributed by atoms with E-state index >= 15 is 0 Å². The summed E-state index contributed by atoms with van der Waals surface area (Å²) in [5, 5.41) is 0. The lowest BCUT2D eigenvalue weighted by molar-refractivity contribution is -0.118. The number of anilines is 1. The van der Waals surface area contributed by atoms with Crippen LogP contribution in [0, 0.1) is 0 Å². The van der Waals surface area contributed by atoms with Crippen molar-refractivity contribution in [1.29, 1.82) is 0 Å². The van der Waals surface area contributed by atoms with Crippen molar-refractivity contribution < 1.29 is 14.3 Å². The first-order chi connectivity index (χ1) is 13.2. The number of ether oxygens (including phenoxy) is 2. The summed E-state index contributed by atoms with van der Waals surface area (Å²) in [5.41, 5.74) is 3.52. The summed E-state index contributed by atoms with van der Waals surface area (Å²) in [4.78, 5) is 16.9. The molecular formula is C22H28N2O3. The van der Waals surface area contributed by atoms with Gasteiger partial charge in [0.15, 0.2) is 11.5 Å². The second kappa shape index (κ2) is 8.91. The molecule has 5 nitrogen and oxygen atoms in total. The van der Waals surface area contributed by atoms with E-state index in [0.29, 0.717) is 13.0 Å². The predicted molar refractivity (Wildman–Crippen MR) is 108 cm³/mol. The van der Waals surface area contributed by atoms with Crippen molar-refractivity contribution in [2.24, 2.45) is 0 Å². The number of methoxy groups -OCH3 is 2. The van der Waals surface area contributed by atoms with Gasteiger partial charge < -0.3 is 14.4 Å². The van der Waals surface area contributed by atoms with Gasteiger partial charge in [-0.05, 0) is 48.7 Å². The van der Waals surface area contributed by atoms with Crippen LogP contribution < -0.4 is 14.4 Å². The van der Waals surface area contributed by atoms with Crippen LogP contribution in [0.2, 0.25) is 0 Å². The third-order valence-electron chi connectivity index (χ3n) is 5.12. The van der Waals surface area contributed by atoms with E-state index < -0.39 is 0 Å². The summed E-state index contributed by atoms with van der Waals surface area (Å²) in [5.74, 6) is 1.71. The minimum absolute atomic E-state index is 0.168. The van der Waals surface area contributed by atoms with Gasteiger partial charge >= 0.3 is 0 Å². The Morgan fingerprint density at radius 2 is 1.74 bits per heavy atom. The summed E-state index contributed by atoms with van der Waals surface area (Å²) in [6.45, 7) is 5.24. The minimum Gasteiger partial charge on any atom is -0.493 e. The smallest absolute Gasteiger partial charge is 0.228 e. The van der Waals surface area contributed by atoms with Gasteiger partial charge in [-0.1, -0.05) is 18.2 Å². The molecular weight excluding hydrogens is 340 g/mol. The van der Waals surface area contributed by atoms with Gasteiger partial charge in [-0.25, -0.2) is 0 Å². The molecule has 2 aromatic rings. The molecule has 1 aliphatic rings. The Bertz CT molecular complexity index is 777. The lowest BCUT2D eigenvalue weighted by atomic mass is 9.98. The minimum atomic E-state index is 0.168. The number of nitrogens with zero attached hydrogens (tertiary/aromatic N) is 2. The molecule has 0 unspecified atom stereocenters. The Morgan fingerprint density at radius 1 is 1.07 bits per heavy atom. The molecule has 0 aromatic heterocycles. The first-order valence-electron chi connectivity index (χ1n) is 9.47. The quantitative estimate of drug-likeness (QED) is 0.750. The summed E-state index contributed by atoms with van der Waals surface area (Å²) in [6, 6.07) is 14.0. The Labute approximate surface area is 161 Å². The SMILES string of the molecule is CCN(C(=O)CCN1CCc2cc(OC)c(OC)cc2C1)c1ccccc1. The van der Waals surface area contributed by atoms with Crippen molar-refractivity contribution in [1.82, 2.24) is 4.90 Å². The largest absolute Gasteiger partial charge is 0.493 e. The average molecular weight is 368 g/mol. The number of carbonyl (C=O) groups excluding carboxylic acids is 1. The molecule has 1 aliphatic heterocycles. The maximum Gasteiger partial charge on any atom is 0.228 e. The number of para-hydroxylation sites is 1. The van der Waals surface area contributed by atoms with Crippen LogP contribution in [0.1, 0.15) is 24.5 Å². The Morgan fingerprint density at radius 3 is 2.37 bits per heavy atom. The number of hydrogen-bond acceptors (Lipinski definition) is 4. The van der Waals surface area contributed by atoms with Gasteiger partial charge in [0.2, 0.25) is 5.91 Å². The second-order valence-electron chi connectivity index (χ2n) is 6.73. The summed E-state index contributed by atoms with van der Waals surface area (Å²) in [6.07, 6.45) is 1.48. The highest BCUT2D eigenvalue weighted by atomic mass is 16.5. The zero-order valence-electron chi connectivity index (χ0n) is 16.4. The first kappa shape index (κ1) is 19.2. The van der Waals surface area contributed by atoms with Crippen molar-refractivity contribution in [2.75, 3.05) is 38.8 Å². The molecule has 0 atom stereocenters. The van der Waals surface area contributed by atoms with E-state index in [1.54, 1.807) is 14.2 Å². The van der Waals surface area contributed by atoms with E-state index in [-0.39, 0.29) is 5.91 Å². The third kappa shape index (κ3) is 4.42. The lowest BCUT2D eigenvalue weighted by Crippen LogP contribution is -2.36. The van der Waals surface area contributed by atoms with Gasteiger partial charge in [-0.2, -0.15) is 0 Å². The molecule has 5 heteroatoms. The summed E-state index contributed by atoms with van der Waals surface area (Å²) < 4.78 is 10.8. The van der Waals surface area contributed by atoms with Gasteiger partial charge in [0.05, 0.1) is 14.2 Å². The zero-order chi connectivity index (χ0) is 19.2. The predicted octanol–water partition coefficient (Wildman–Crippen LogP) is 3.51. The molecule has 27 heavy (non-hydrogen) atoms. The van der Waals surface area contributed by atoms with E-state index in [0.717, 1.165) is 43.2 Å². The number of amides is 1. The average Bonchev–Trinajstić information content (AvgIpc) is 2.72. The molecule has 0 fully saturated rings. The van der Waals surface area contributed by atoms with E-state index in [2.05, 4.69) is 17.0 Å². The molecule has 144 valence electrons. The number of fused-ring (bicyclic) bond motifs is 1. The van der Waals surface area contributed by atoms with Crippen molar-refractivity contribution in [2.45, 2.75) is 26.3 Å². The van der Waals surface area contributed by atoms with Crippen molar-refractivity contribution in [3.63, 3.8) is 0 Å². The van der Waals surface area contributed by atoms with Crippen LogP contribution in [-0.4, -0.2) is 44.7 Å². The molecule has 0 spiro atoms.